The van der Waals surface area contributed by atoms with Gasteiger partial charge in [0.25, 0.3) is 0 Å². The van der Waals surface area contributed by atoms with E-state index in [0.29, 0.717) is 17.3 Å². The molecule has 2 rings (SSSR count). The molecule has 0 aliphatic carbocycles. The Balaban J connectivity index is 2.18. The molecule has 1 aromatic heterocycles. The van der Waals surface area contributed by atoms with Gasteiger partial charge in [-0.2, -0.15) is 0 Å². The fourth-order valence-electron chi connectivity index (χ4n) is 2.07. The minimum absolute atomic E-state index is 0.0401. The summed E-state index contributed by atoms with van der Waals surface area (Å²) in [5.41, 5.74) is 1.65. The van der Waals surface area contributed by atoms with Gasteiger partial charge in [-0.1, -0.05) is 18.5 Å². The number of aromatic nitrogens is 1. The van der Waals surface area contributed by atoms with Gasteiger partial charge < -0.3 is 9.88 Å². The lowest BCUT2D eigenvalue weighted by atomic mass is 10.3. The van der Waals surface area contributed by atoms with Crippen LogP contribution in [-0.4, -0.2) is 13.0 Å². The highest BCUT2D eigenvalue weighted by Crippen LogP contribution is 2.25. The number of rotatable bonds is 6. The molecule has 0 fully saturated rings. The quantitative estimate of drug-likeness (QED) is 0.856. The first-order valence-electron chi connectivity index (χ1n) is 6.62. The predicted molar refractivity (Wildman–Crippen MR) is 84.9 cm³/mol. The van der Waals surface area contributed by atoms with Crippen LogP contribution in [0, 0.1) is 0 Å². The van der Waals surface area contributed by atoms with Crippen LogP contribution in [0.15, 0.2) is 41.4 Å². The van der Waals surface area contributed by atoms with Gasteiger partial charge in [-0.05, 0) is 36.8 Å². The van der Waals surface area contributed by atoms with Gasteiger partial charge in [-0.25, -0.2) is 13.6 Å². The second-order valence-corrected chi connectivity index (χ2v) is 6.70. The van der Waals surface area contributed by atoms with E-state index in [-0.39, 0.29) is 4.90 Å². The molecule has 0 radical (unpaired) electrons. The zero-order valence-corrected chi connectivity index (χ0v) is 13.3. The highest BCUT2D eigenvalue weighted by molar-refractivity contribution is 7.89. The summed E-state index contributed by atoms with van der Waals surface area (Å²) < 4.78 is 24.9. The van der Waals surface area contributed by atoms with Crippen LogP contribution in [0.3, 0.4) is 0 Å². The Morgan fingerprint density at radius 2 is 2.10 bits per heavy atom. The Kier molecular flexibility index (Phi) is 4.92. The van der Waals surface area contributed by atoms with E-state index in [1.165, 1.54) is 18.2 Å². The van der Waals surface area contributed by atoms with E-state index in [4.69, 9.17) is 16.7 Å². The molecule has 0 bridgehead atoms. The van der Waals surface area contributed by atoms with Crippen LogP contribution < -0.4 is 10.5 Å². The van der Waals surface area contributed by atoms with Gasteiger partial charge in [0.05, 0.1) is 22.2 Å². The Hall–Kier alpha value is -1.50. The van der Waals surface area contributed by atoms with Gasteiger partial charge in [0.1, 0.15) is 0 Å². The van der Waals surface area contributed by atoms with Gasteiger partial charge in [0.15, 0.2) is 0 Å². The Bertz CT molecular complexity index is 726. The molecule has 5 nitrogen and oxygen atoms in total. The van der Waals surface area contributed by atoms with Crippen molar-refractivity contribution in [2.24, 2.45) is 5.14 Å². The van der Waals surface area contributed by atoms with E-state index in [0.717, 1.165) is 18.7 Å². The molecule has 7 heteroatoms. The molecule has 0 amide bonds. The van der Waals surface area contributed by atoms with Crippen molar-refractivity contribution in [1.82, 2.24) is 4.57 Å². The van der Waals surface area contributed by atoms with Gasteiger partial charge in [-0.3, -0.25) is 0 Å². The number of aryl methyl sites for hydroxylation is 1. The van der Waals surface area contributed by atoms with Crippen LogP contribution in [0.2, 0.25) is 5.02 Å². The molecule has 0 aliphatic heterocycles. The lowest BCUT2D eigenvalue weighted by Gasteiger charge is -2.12. The van der Waals surface area contributed by atoms with Crippen molar-refractivity contribution >= 4 is 27.3 Å². The molecular formula is C14H18ClN3O2S. The number of primary sulfonamides is 1. The van der Waals surface area contributed by atoms with E-state index < -0.39 is 10.0 Å². The maximum absolute atomic E-state index is 11.4. The van der Waals surface area contributed by atoms with Crippen LogP contribution in [0.1, 0.15) is 19.0 Å². The Morgan fingerprint density at radius 3 is 2.76 bits per heavy atom. The number of benzene rings is 1. The number of nitrogens with two attached hydrogens (primary N) is 1. The summed E-state index contributed by atoms with van der Waals surface area (Å²) in [6, 6.07) is 8.36. The number of hydrogen-bond donors (Lipinski definition) is 2. The van der Waals surface area contributed by atoms with Gasteiger partial charge in [0.2, 0.25) is 10.0 Å². The average molecular weight is 328 g/mol. The monoisotopic (exact) mass is 327 g/mol. The maximum Gasteiger partial charge on any atom is 0.238 e. The van der Waals surface area contributed by atoms with E-state index in [9.17, 15) is 8.42 Å². The molecule has 2 aromatic rings. The van der Waals surface area contributed by atoms with Crippen LogP contribution in [0.25, 0.3) is 0 Å². The fraction of sp³-hybridized carbons (Fsp3) is 0.286. The summed E-state index contributed by atoms with van der Waals surface area (Å²) in [5.74, 6) is 0. The molecule has 0 aliphatic rings. The largest absolute Gasteiger partial charge is 0.378 e. The molecule has 114 valence electrons. The highest BCUT2D eigenvalue weighted by atomic mass is 35.5. The van der Waals surface area contributed by atoms with Crippen molar-refractivity contribution in [3.63, 3.8) is 0 Å². The van der Waals surface area contributed by atoms with Crippen molar-refractivity contribution in [3.8, 4) is 0 Å². The number of hydrogen-bond acceptors (Lipinski definition) is 3. The van der Waals surface area contributed by atoms with Crippen LogP contribution >= 0.6 is 11.6 Å². The zero-order valence-electron chi connectivity index (χ0n) is 11.7. The van der Waals surface area contributed by atoms with Gasteiger partial charge in [-0.15, -0.1) is 0 Å². The molecule has 0 atom stereocenters. The van der Waals surface area contributed by atoms with Crippen LogP contribution in [0.5, 0.6) is 0 Å². The fourth-order valence-corrected chi connectivity index (χ4v) is 2.80. The summed E-state index contributed by atoms with van der Waals surface area (Å²) in [6.07, 6.45) is 3.06. The van der Waals surface area contributed by atoms with Crippen molar-refractivity contribution in [2.75, 3.05) is 5.32 Å². The van der Waals surface area contributed by atoms with E-state index in [1.54, 1.807) is 0 Å². The highest BCUT2D eigenvalue weighted by Gasteiger charge is 2.11. The second kappa shape index (κ2) is 6.51. The molecule has 1 aromatic carbocycles. The Labute approximate surface area is 129 Å². The van der Waals surface area contributed by atoms with Crippen molar-refractivity contribution < 1.29 is 8.42 Å². The first-order chi connectivity index (χ1) is 9.91. The molecule has 0 spiro atoms. The SMILES string of the molecule is CCCn1cccc1CNc1cc(S(N)(=O)=O)ccc1Cl. The molecule has 1 heterocycles. The number of nitrogens with one attached hydrogen (secondary N) is 1. The zero-order chi connectivity index (χ0) is 15.5. The Morgan fingerprint density at radius 1 is 1.33 bits per heavy atom. The average Bonchev–Trinajstić information content (AvgIpc) is 2.84. The van der Waals surface area contributed by atoms with Gasteiger partial charge >= 0.3 is 0 Å². The summed E-state index contributed by atoms with van der Waals surface area (Å²) in [6.45, 7) is 3.61. The normalized spacial score (nSPS) is 11.6. The van der Waals surface area contributed by atoms with Crippen molar-refractivity contribution in [2.45, 2.75) is 31.3 Å². The molecule has 21 heavy (non-hydrogen) atoms. The van der Waals surface area contributed by atoms with Crippen LogP contribution in [0.4, 0.5) is 5.69 Å². The summed E-state index contributed by atoms with van der Waals surface area (Å²) >= 11 is 6.08. The van der Waals surface area contributed by atoms with E-state index in [1.807, 2.05) is 18.3 Å². The van der Waals surface area contributed by atoms with E-state index >= 15 is 0 Å². The molecular weight excluding hydrogens is 310 g/mol. The minimum atomic E-state index is -3.73. The molecule has 0 saturated carbocycles. The number of nitrogens with zero attached hydrogens (tertiary/aromatic N) is 1. The first-order valence-corrected chi connectivity index (χ1v) is 8.54. The molecule has 0 unspecified atom stereocenters. The standard InChI is InChI=1S/C14H18ClN3O2S/c1-2-7-18-8-3-4-11(18)10-17-14-9-12(21(16,19)20)5-6-13(14)15/h3-6,8-9,17H,2,7,10H2,1H3,(H2,16,19,20). The summed E-state index contributed by atoms with van der Waals surface area (Å²) in [7, 11) is -3.73. The maximum atomic E-state index is 11.4. The van der Waals surface area contributed by atoms with Crippen LogP contribution in [-0.2, 0) is 23.1 Å². The van der Waals surface area contributed by atoms with Crippen molar-refractivity contribution in [3.05, 3.63) is 47.2 Å². The number of halogens is 1. The lowest BCUT2D eigenvalue weighted by molar-refractivity contribution is 0.598. The molecule has 0 saturated heterocycles. The molecule has 3 N–H and O–H groups in total. The number of sulfonamides is 1. The second-order valence-electron chi connectivity index (χ2n) is 4.73. The predicted octanol–water partition coefficient (Wildman–Crippen LogP) is 2.81. The third-order valence-electron chi connectivity index (χ3n) is 3.11. The van der Waals surface area contributed by atoms with Gasteiger partial charge in [0, 0.05) is 18.4 Å². The topological polar surface area (TPSA) is 77.1 Å². The summed E-state index contributed by atoms with van der Waals surface area (Å²) in [5, 5.41) is 8.74. The van der Waals surface area contributed by atoms with Crippen molar-refractivity contribution in [1.29, 1.82) is 0 Å². The number of anilines is 1. The summed E-state index contributed by atoms with van der Waals surface area (Å²) in [4.78, 5) is 0.0401. The third-order valence-corrected chi connectivity index (χ3v) is 4.35. The third kappa shape index (κ3) is 4.00. The van der Waals surface area contributed by atoms with E-state index in [2.05, 4.69) is 16.8 Å². The lowest BCUT2D eigenvalue weighted by Crippen LogP contribution is -2.13. The first kappa shape index (κ1) is 15.9. The smallest absolute Gasteiger partial charge is 0.238 e. The minimum Gasteiger partial charge on any atom is -0.378 e.